The second kappa shape index (κ2) is 9.23. The maximum Gasteiger partial charge on any atom is 0.209 e. The van der Waals surface area contributed by atoms with Crippen molar-refractivity contribution in [2.24, 2.45) is 4.99 Å². The minimum Gasteiger partial charge on any atom is -0.504 e. The van der Waals surface area contributed by atoms with Crippen molar-refractivity contribution in [3.05, 3.63) is 59.0 Å². The summed E-state index contributed by atoms with van der Waals surface area (Å²) in [5, 5.41) is 12.6. The number of aromatic nitrogens is 1. The molecule has 1 heterocycles. The van der Waals surface area contributed by atoms with Crippen molar-refractivity contribution >= 4 is 22.7 Å². The van der Waals surface area contributed by atoms with Crippen molar-refractivity contribution in [2.75, 3.05) is 6.61 Å². The summed E-state index contributed by atoms with van der Waals surface area (Å²) in [6.45, 7) is 2.39. The van der Waals surface area contributed by atoms with E-state index >= 15 is 0 Å². The third-order valence-corrected chi connectivity index (χ3v) is 6.13. The average molecular weight is 407 g/mol. The summed E-state index contributed by atoms with van der Waals surface area (Å²) < 4.78 is 5.42. The fourth-order valence-electron chi connectivity index (χ4n) is 3.83. The number of rotatable bonds is 6. The van der Waals surface area contributed by atoms with Gasteiger partial charge < -0.3 is 9.84 Å². The molecule has 4 rings (SSSR count). The highest BCUT2D eigenvalue weighted by Crippen LogP contribution is 2.34. The van der Waals surface area contributed by atoms with Crippen LogP contribution >= 0.6 is 11.3 Å². The van der Waals surface area contributed by atoms with Gasteiger partial charge in [0, 0.05) is 17.2 Å². The zero-order valence-electron chi connectivity index (χ0n) is 16.7. The molecule has 1 aliphatic carbocycles. The van der Waals surface area contributed by atoms with E-state index in [1.54, 1.807) is 24.4 Å². The third-order valence-electron chi connectivity index (χ3n) is 5.38. The van der Waals surface area contributed by atoms with Crippen molar-refractivity contribution < 1.29 is 9.84 Å². The second-order valence-corrected chi connectivity index (χ2v) is 8.23. The number of ether oxygens (including phenoxy) is 1. The first-order valence-electron chi connectivity index (χ1n) is 10.3. The van der Waals surface area contributed by atoms with E-state index in [-0.39, 0.29) is 5.75 Å². The van der Waals surface area contributed by atoms with Gasteiger partial charge in [0.1, 0.15) is 0 Å². The molecule has 150 valence electrons. The molecule has 1 fully saturated rings. The molecular formula is C24H26N2O2S. The summed E-state index contributed by atoms with van der Waals surface area (Å²) >= 11 is 1.52. The molecule has 4 nitrogen and oxygen atoms in total. The normalized spacial score (nSPS) is 15.1. The van der Waals surface area contributed by atoms with Gasteiger partial charge in [-0.1, -0.05) is 43.5 Å². The van der Waals surface area contributed by atoms with E-state index in [2.05, 4.69) is 34.2 Å². The Hall–Kier alpha value is -2.66. The van der Waals surface area contributed by atoms with Gasteiger partial charge >= 0.3 is 0 Å². The van der Waals surface area contributed by atoms with Crippen LogP contribution in [0.3, 0.4) is 0 Å². The first kappa shape index (κ1) is 19.6. The van der Waals surface area contributed by atoms with Gasteiger partial charge in [0.25, 0.3) is 0 Å². The molecule has 1 aliphatic rings. The van der Waals surface area contributed by atoms with E-state index in [4.69, 9.17) is 4.74 Å². The van der Waals surface area contributed by atoms with Crippen LogP contribution in [0.25, 0.3) is 11.3 Å². The number of nitrogens with zero attached hydrogens (tertiary/aromatic N) is 2. The summed E-state index contributed by atoms with van der Waals surface area (Å²) in [6, 6.07) is 14.1. The molecular weight excluding hydrogens is 380 g/mol. The van der Waals surface area contributed by atoms with Gasteiger partial charge in [-0.15, -0.1) is 11.3 Å². The highest BCUT2D eigenvalue weighted by molar-refractivity contribution is 7.13. The Morgan fingerprint density at radius 2 is 1.93 bits per heavy atom. The summed E-state index contributed by atoms with van der Waals surface area (Å²) in [5.41, 5.74) is 4.41. The largest absolute Gasteiger partial charge is 0.504 e. The number of aromatic hydroxyl groups is 1. The van der Waals surface area contributed by atoms with Crippen LogP contribution in [0.1, 0.15) is 56.1 Å². The van der Waals surface area contributed by atoms with E-state index in [0.29, 0.717) is 17.5 Å². The fourth-order valence-corrected chi connectivity index (χ4v) is 4.50. The zero-order chi connectivity index (χ0) is 20.1. The number of hydrogen-bond donors (Lipinski definition) is 1. The Balaban J connectivity index is 1.45. The van der Waals surface area contributed by atoms with E-state index in [1.165, 1.54) is 49.0 Å². The van der Waals surface area contributed by atoms with Crippen molar-refractivity contribution in [1.29, 1.82) is 0 Å². The van der Waals surface area contributed by atoms with E-state index in [9.17, 15) is 5.11 Å². The minimum atomic E-state index is 0.136. The molecule has 2 aromatic carbocycles. The first-order chi connectivity index (χ1) is 14.2. The number of phenolic OH excluding ortho intramolecular Hbond substituents is 1. The van der Waals surface area contributed by atoms with Gasteiger partial charge in [0.05, 0.1) is 12.3 Å². The van der Waals surface area contributed by atoms with Gasteiger partial charge in [-0.3, -0.25) is 0 Å². The predicted molar refractivity (Wildman–Crippen MR) is 120 cm³/mol. The maximum absolute atomic E-state index is 9.80. The summed E-state index contributed by atoms with van der Waals surface area (Å²) in [5.74, 6) is 1.33. The Morgan fingerprint density at radius 3 is 2.69 bits per heavy atom. The molecule has 0 amide bonds. The van der Waals surface area contributed by atoms with Crippen LogP contribution in [0.4, 0.5) is 5.13 Å². The smallest absolute Gasteiger partial charge is 0.209 e. The zero-order valence-corrected chi connectivity index (χ0v) is 17.5. The van der Waals surface area contributed by atoms with Crippen LogP contribution in [-0.2, 0) is 0 Å². The number of hydrogen-bond acceptors (Lipinski definition) is 5. The van der Waals surface area contributed by atoms with Crippen LogP contribution in [-0.4, -0.2) is 22.9 Å². The van der Waals surface area contributed by atoms with Gasteiger partial charge in [-0.05, 0) is 55.0 Å². The lowest BCUT2D eigenvalue weighted by atomic mass is 9.84. The van der Waals surface area contributed by atoms with E-state index in [0.717, 1.165) is 22.7 Å². The molecule has 1 saturated carbocycles. The number of aliphatic imine (C=N–C) groups is 1. The molecule has 0 unspecified atom stereocenters. The topological polar surface area (TPSA) is 54.7 Å². The second-order valence-electron chi connectivity index (χ2n) is 7.39. The minimum absolute atomic E-state index is 0.136. The van der Waals surface area contributed by atoms with Crippen LogP contribution in [0.15, 0.2) is 52.8 Å². The molecule has 5 heteroatoms. The lowest BCUT2D eigenvalue weighted by Crippen LogP contribution is -2.04. The molecule has 0 radical (unpaired) electrons. The quantitative estimate of drug-likeness (QED) is 0.463. The predicted octanol–water partition coefficient (Wildman–Crippen LogP) is 6.71. The highest BCUT2D eigenvalue weighted by Gasteiger charge is 2.15. The standard InChI is InChI=1S/C24H26N2O2S/c1-2-28-23-14-17(8-13-22(23)27)15-25-24-26-21(16-29-24)20-11-9-19(10-12-20)18-6-4-3-5-7-18/h8-16,18,27H,2-7H2,1H3. The van der Waals surface area contributed by atoms with E-state index in [1.807, 2.05) is 12.3 Å². The number of benzene rings is 2. The SMILES string of the molecule is CCOc1cc(C=Nc2nc(-c3ccc(C4CCCCC4)cc3)cs2)ccc1O. The summed E-state index contributed by atoms with van der Waals surface area (Å²) in [4.78, 5) is 9.14. The number of phenols is 1. The Kier molecular flexibility index (Phi) is 6.25. The van der Waals surface area contributed by atoms with Crippen LogP contribution in [0, 0.1) is 0 Å². The van der Waals surface area contributed by atoms with Crippen molar-refractivity contribution in [2.45, 2.75) is 44.9 Å². The lowest BCUT2D eigenvalue weighted by molar-refractivity contribution is 0.318. The summed E-state index contributed by atoms with van der Waals surface area (Å²) in [6.07, 6.45) is 8.47. The average Bonchev–Trinajstić information content (AvgIpc) is 3.24. The molecule has 0 spiro atoms. The van der Waals surface area contributed by atoms with Crippen LogP contribution in [0.2, 0.25) is 0 Å². The van der Waals surface area contributed by atoms with Crippen molar-refractivity contribution in [1.82, 2.24) is 4.98 Å². The molecule has 0 aliphatic heterocycles. The third kappa shape index (κ3) is 4.85. The maximum atomic E-state index is 9.80. The van der Waals surface area contributed by atoms with Crippen molar-refractivity contribution in [3.8, 4) is 22.8 Å². The molecule has 3 aromatic rings. The monoisotopic (exact) mass is 406 g/mol. The lowest BCUT2D eigenvalue weighted by Gasteiger charge is -2.22. The Morgan fingerprint density at radius 1 is 1.14 bits per heavy atom. The van der Waals surface area contributed by atoms with Crippen LogP contribution in [0.5, 0.6) is 11.5 Å². The van der Waals surface area contributed by atoms with Gasteiger partial charge in [-0.25, -0.2) is 9.98 Å². The Bertz CT molecular complexity index is 973. The van der Waals surface area contributed by atoms with Gasteiger partial charge in [-0.2, -0.15) is 0 Å². The summed E-state index contributed by atoms with van der Waals surface area (Å²) in [7, 11) is 0. The van der Waals surface area contributed by atoms with Gasteiger partial charge in [0.15, 0.2) is 11.5 Å². The molecule has 29 heavy (non-hydrogen) atoms. The molecule has 0 bridgehead atoms. The molecule has 0 saturated heterocycles. The van der Waals surface area contributed by atoms with Crippen molar-refractivity contribution in [3.63, 3.8) is 0 Å². The Labute approximate surface area is 175 Å². The van der Waals surface area contributed by atoms with Gasteiger partial charge in [0.2, 0.25) is 5.13 Å². The fraction of sp³-hybridized carbons (Fsp3) is 0.333. The molecule has 1 aromatic heterocycles. The highest BCUT2D eigenvalue weighted by atomic mass is 32.1. The molecule has 0 atom stereocenters. The molecule has 1 N–H and O–H groups in total. The van der Waals surface area contributed by atoms with Crippen LogP contribution < -0.4 is 4.74 Å². The van der Waals surface area contributed by atoms with E-state index < -0.39 is 0 Å². The first-order valence-corrected chi connectivity index (χ1v) is 11.2. The number of thiazole rings is 1.